The van der Waals surface area contributed by atoms with Crippen molar-refractivity contribution in [3.05, 3.63) is 60.5 Å². The SMILES string of the molecule is C=C1[C-]=CC=C1.CC(C)(C)c1[c-][nH]cc1.[Cl-].[Cl-].[Zr+4]. The van der Waals surface area contributed by atoms with E-state index in [0.717, 1.165) is 5.57 Å². The van der Waals surface area contributed by atoms with E-state index in [1.807, 2.05) is 24.4 Å². The van der Waals surface area contributed by atoms with Crippen molar-refractivity contribution in [2.45, 2.75) is 26.2 Å². The largest absolute Gasteiger partial charge is 4.00 e. The van der Waals surface area contributed by atoms with Crippen LogP contribution in [0.3, 0.4) is 0 Å². The minimum absolute atomic E-state index is 0. The molecule has 0 aliphatic heterocycles. The molecule has 1 aromatic heterocycles. The molecular weight excluding hydrogens is 344 g/mol. The van der Waals surface area contributed by atoms with Crippen LogP contribution in [0.15, 0.2) is 42.6 Å². The number of aromatic nitrogens is 1. The second-order valence-corrected chi connectivity index (χ2v) is 4.46. The summed E-state index contributed by atoms with van der Waals surface area (Å²) >= 11 is 0. The molecule has 1 N–H and O–H groups in total. The van der Waals surface area contributed by atoms with Crippen LogP contribution in [0.2, 0.25) is 0 Å². The molecular formula is C14H17Cl2NZr. The Bertz CT molecular complexity index is 359. The van der Waals surface area contributed by atoms with Crippen molar-refractivity contribution in [3.63, 3.8) is 0 Å². The predicted octanol–water partition coefficient (Wildman–Crippen LogP) is -2.41. The van der Waals surface area contributed by atoms with Crippen LogP contribution in [0.1, 0.15) is 26.3 Å². The molecule has 0 atom stereocenters. The Balaban J connectivity index is -0.000000225. The first-order valence-corrected chi connectivity index (χ1v) is 5.01. The fourth-order valence-corrected chi connectivity index (χ4v) is 1.09. The third kappa shape index (κ3) is 8.97. The van der Waals surface area contributed by atoms with Gasteiger partial charge in [-0.1, -0.05) is 20.8 Å². The third-order valence-corrected chi connectivity index (χ3v) is 2.01. The maximum atomic E-state index is 3.62. The van der Waals surface area contributed by atoms with Crippen LogP contribution in [-0.2, 0) is 31.6 Å². The molecule has 0 saturated carbocycles. The van der Waals surface area contributed by atoms with Gasteiger partial charge in [-0.05, 0) is 5.41 Å². The van der Waals surface area contributed by atoms with E-state index >= 15 is 0 Å². The molecule has 1 aliphatic carbocycles. The van der Waals surface area contributed by atoms with E-state index in [1.54, 1.807) is 0 Å². The fraction of sp³-hybridized carbons (Fsp3) is 0.286. The molecule has 2 rings (SSSR count). The molecule has 1 aliphatic rings. The monoisotopic (exact) mass is 359 g/mol. The zero-order valence-electron chi connectivity index (χ0n) is 10.8. The minimum Gasteiger partial charge on any atom is -1.00 e. The molecule has 0 radical (unpaired) electrons. The van der Waals surface area contributed by atoms with Gasteiger partial charge >= 0.3 is 26.2 Å². The summed E-state index contributed by atoms with van der Waals surface area (Å²) < 4.78 is 0. The van der Waals surface area contributed by atoms with E-state index in [1.165, 1.54) is 5.56 Å². The Kier molecular flexibility index (Phi) is 13.9. The van der Waals surface area contributed by atoms with Gasteiger partial charge in [0.05, 0.1) is 0 Å². The fourth-order valence-electron chi connectivity index (χ4n) is 1.09. The van der Waals surface area contributed by atoms with Gasteiger partial charge in [-0.3, -0.25) is 0 Å². The van der Waals surface area contributed by atoms with Gasteiger partial charge in [0.15, 0.2) is 0 Å². The van der Waals surface area contributed by atoms with E-state index in [4.69, 9.17) is 0 Å². The maximum Gasteiger partial charge on any atom is 4.00 e. The van der Waals surface area contributed by atoms with E-state index in [-0.39, 0.29) is 56.4 Å². The van der Waals surface area contributed by atoms with Crippen LogP contribution in [0.4, 0.5) is 0 Å². The molecule has 0 fully saturated rings. The summed E-state index contributed by atoms with van der Waals surface area (Å²) in [5.41, 5.74) is 2.44. The Morgan fingerprint density at radius 2 is 1.83 bits per heavy atom. The van der Waals surface area contributed by atoms with Crippen molar-refractivity contribution >= 4 is 0 Å². The second-order valence-electron chi connectivity index (χ2n) is 4.46. The van der Waals surface area contributed by atoms with Crippen molar-refractivity contribution in [1.29, 1.82) is 0 Å². The van der Waals surface area contributed by atoms with Gasteiger partial charge < -0.3 is 29.8 Å². The van der Waals surface area contributed by atoms with Crippen molar-refractivity contribution in [2.24, 2.45) is 0 Å². The van der Waals surface area contributed by atoms with Gasteiger partial charge in [-0.25, -0.2) is 0 Å². The van der Waals surface area contributed by atoms with Gasteiger partial charge in [-0.2, -0.15) is 42.6 Å². The Morgan fingerprint density at radius 1 is 1.22 bits per heavy atom. The third-order valence-electron chi connectivity index (χ3n) is 2.01. The van der Waals surface area contributed by atoms with E-state index in [0.29, 0.717) is 0 Å². The normalized spacial score (nSPS) is 11.6. The summed E-state index contributed by atoms with van der Waals surface area (Å²) in [6.07, 6.45) is 13.5. The number of allylic oxidation sites excluding steroid dienone is 5. The van der Waals surface area contributed by atoms with Gasteiger partial charge in [-0.15, -0.1) is 17.8 Å². The van der Waals surface area contributed by atoms with E-state index in [9.17, 15) is 0 Å². The van der Waals surface area contributed by atoms with Gasteiger partial charge in [0.25, 0.3) is 0 Å². The average Bonchev–Trinajstić information content (AvgIpc) is 2.73. The number of nitrogens with one attached hydrogen (secondary N) is 1. The Hall–Kier alpha value is -0.0369. The molecule has 1 heterocycles. The number of rotatable bonds is 0. The number of halogens is 2. The standard InChI is InChI=1S/C8H12N.C6H5.2ClH.Zr/c1-8(2,3)7-4-5-9-6-7;1-6-4-2-3-5-6;;;/h4-5,9H,1-3H3;2-4H,1H2;2*1H;/q2*-1;;;+4/p-2. The molecule has 0 aromatic carbocycles. The second kappa shape index (κ2) is 10.8. The Morgan fingerprint density at radius 3 is 2.00 bits per heavy atom. The molecule has 4 heteroatoms. The summed E-state index contributed by atoms with van der Waals surface area (Å²) in [7, 11) is 0. The molecule has 96 valence electrons. The van der Waals surface area contributed by atoms with Crippen molar-refractivity contribution in [3.8, 4) is 0 Å². The molecule has 0 saturated heterocycles. The smallest absolute Gasteiger partial charge is 1.00 e. The Labute approximate surface area is 142 Å². The molecule has 18 heavy (non-hydrogen) atoms. The van der Waals surface area contributed by atoms with Gasteiger partial charge in [0.1, 0.15) is 0 Å². The number of H-pyrrole nitrogens is 1. The number of aromatic amines is 1. The van der Waals surface area contributed by atoms with Crippen molar-refractivity contribution < 1.29 is 51.0 Å². The summed E-state index contributed by atoms with van der Waals surface area (Å²) in [6.45, 7) is 10.1. The summed E-state index contributed by atoms with van der Waals surface area (Å²) in [4.78, 5) is 2.91. The molecule has 0 bridgehead atoms. The summed E-state index contributed by atoms with van der Waals surface area (Å²) in [6, 6.07) is 2.06. The summed E-state index contributed by atoms with van der Waals surface area (Å²) in [5.74, 6) is 0. The molecule has 1 aromatic rings. The zero-order valence-corrected chi connectivity index (χ0v) is 14.8. The molecule has 1 nitrogen and oxygen atoms in total. The zero-order chi connectivity index (χ0) is 11.3. The molecule has 0 spiro atoms. The molecule has 0 unspecified atom stereocenters. The maximum absolute atomic E-state index is 3.62. The van der Waals surface area contributed by atoms with E-state index in [2.05, 4.69) is 50.7 Å². The van der Waals surface area contributed by atoms with Gasteiger partial charge in [0, 0.05) is 0 Å². The van der Waals surface area contributed by atoms with Crippen molar-refractivity contribution in [2.75, 3.05) is 0 Å². The first-order valence-electron chi connectivity index (χ1n) is 5.01. The first kappa shape index (κ1) is 23.1. The first-order chi connectivity index (χ1) is 7.00. The quantitative estimate of drug-likeness (QED) is 0.496. The van der Waals surface area contributed by atoms with Crippen LogP contribution in [0, 0.1) is 12.3 Å². The van der Waals surface area contributed by atoms with Crippen LogP contribution in [0.5, 0.6) is 0 Å². The van der Waals surface area contributed by atoms with Crippen LogP contribution < -0.4 is 24.8 Å². The number of hydrogen-bond donors (Lipinski definition) is 1. The predicted molar refractivity (Wildman–Crippen MR) is 64.4 cm³/mol. The number of hydrogen-bond acceptors (Lipinski definition) is 0. The summed E-state index contributed by atoms with van der Waals surface area (Å²) in [5, 5.41) is 0. The average molecular weight is 361 g/mol. The molecule has 0 amide bonds. The van der Waals surface area contributed by atoms with Crippen LogP contribution >= 0.6 is 0 Å². The van der Waals surface area contributed by atoms with Gasteiger partial charge in [0.2, 0.25) is 0 Å². The van der Waals surface area contributed by atoms with Crippen LogP contribution in [-0.4, -0.2) is 4.98 Å². The van der Waals surface area contributed by atoms with E-state index < -0.39 is 0 Å². The van der Waals surface area contributed by atoms with Crippen molar-refractivity contribution in [1.82, 2.24) is 4.98 Å². The topological polar surface area (TPSA) is 15.8 Å². The minimum atomic E-state index is 0. The van der Waals surface area contributed by atoms with Crippen LogP contribution in [0.25, 0.3) is 0 Å².